The lowest BCUT2D eigenvalue weighted by molar-refractivity contribution is -0.916. The van der Waals surface area contributed by atoms with Crippen LogP contribution in [0.15, 0.2) is 48.6 Å². The van der Waals surface area contributed by atoms with E-state index >= 15 is 4.79 Å². The number of carbonyl (C=O) groups excluding carboxylic acids is 3. The van der Waals surface area contributed by atoms with Crippen LogP contribution in [0, 0.1) is 11.3 Å². The van der Waals surface area contributed by atoms with Gasteiger partial charge in [0.05, 0.1) is 40.5 Å². The van der Waals surface area contributed by atoms with Gasteiger partial charge in [0.15, 0.2) is 6.10 Å². The molecule has 62 heavy (non-hydrogen) atoms. The molecule has 0 radical (unpaired) electrons. The fourth-order valence-corrected chi connectivity index (χ4v) is 13.8. The smallest absolute Gasteiger partial charge is 0.344 e. The SMILES string of the molecule is CC[C@@]1(O)C[C@H]2CC[C@](C(=O)OC)(c3cc4c(cc3OC)N(C)[C@H]3[C@@](O)(C(=O)OC)[C@H](OC(C)=O)[C@]5(CC)C=CCN6CC[C@]43[C@@H]65)c3[nH]c4ccccc4c3CC[NH+](C2)C1.C[O-]. The summed E-state index contributed by atoms with van der Waals surface area (Å²) in [4.78, 5) is 52.2. The summed E-state index contributed by atoms with van der Waals surface area (Å²) in [6.45, 7) is 9.09. The van der Waals surface area contributed by atoms with Crippen LogP contribution in [0.1, 0.15) is 81.7 Å². The molecule has 14 nitrogen and oxygen atoms in total. The number of aromatic amines is 1. The van der Waals surface area contributed by atoms with Gasteiger partial charge in [0.2, 0.25) is 5.60 Å². The number of para-hydroxylation sites is 1. The molecule has 1 aromatic heterocycles. The average Bonchev–Trinajstić information content (AvgIpc) is 3.94. The van der Waals surface area contributed by atoms with Crippen molar-refractivity contribution in [3.8, 4) is 5.75 Å². The monoisotopic (exact) mass is 856 g/mol. The number of ether oxygens (including phenoxy) is 4. The highest BCUT2D eigenvalue weighted by molar-refractivity contribution is 5.95. The normalized spacial score (nSPS) is 35.7. The van der Waals surface area contributed by atoms with Gasteiger partial charge >= 0.3 is 17.9 Å². The van der Waals surface area contributed by atoms with Crippen LogP contribution in [0.5, 0.6) is 5.75 Å². The first-order valence-electron chi connectivity index (χ1n) is 22.2. The highest BCUT2D eigenvalue weighted by Gasteiger charge is 2.80. The standard InChI is InChI=1S/C47H60N4O9.CH3O/c1-8-43(55)25-29-15-18-45(41(53)58-6,37-31(16-21-50(26-29)27-43)30-13-10-11-14-34(30)48-37)33-23-32-35(24-36(33)57-5)49(4)39-46(32)19-22-51-20-12-17-44(9-2,38(46)51)40(60-28(3)52)47(39,56)42(54)59-7;1-2/h10-14,17,23-24,29,38-40,48,55-56H,8-9,15-16,18-22,25-27H2,1-7H3;1H3/q;-1/p+1/t29-,38+,39-,40-,43-,44-,45+,46-,47+;/m1./s1. The van der Waals surface area contributed by atoms with E-state index in [0.717, 1.165) is 53.6 Å². The maximum absolute atomic E-state index is 15.3. The molecule has 2 bridgehead atoms. The summed E-state index contributed by atoms with van der Waals surface area (Å²) >= 11 is 0. The van der Waals surface area contributed by atoms with Gasteiger partial charge in [-0.1, -0.05) is 44.2 Å². The molecule has 10 atom stereocenters. The van der Waals surface area contributed by atoms with Crippen LogP contribution < -0.4 is 19.6 Å². The fraction of sp³-hybridized carbons (Fsp3) is 0.604. The first-order valence-corrected chi connectivity index (χ1v) is 22.2. The summed E-state index contributed by atoms with van der Waals surface area (Å²) < 4.78 is 24.0. The van der Waals surface area contributed by atoms with Gasteiger partial charge in [0.25, 0.3) is 0 Å². The van der Waals surface area contributed by atoms with Crippen molar-refractivity contribution in [1.29, 1.82) is 0 Å². The second kappa shape index (κ2) is 16.0. The molecule has 6 aliphatic rings. The molecule has 4 N–H and O–H groups in total. The number of methoxy groups -OCH3 is 3. The Morgan fingerprint density at radius 1 is 0.984 bits per heavy atom. The van der Waals surface area contributed by atoms with Gasteiger partial charge in [-0.3, -0.25) is 14.5 Å². The minimum absolute atomic E-state index is 0.150. The van der Waals surface area contributed by atoms with Gasteiger partial charge in [-0.15, -0.1) is 0 Å². The molecule has 336 valence electrons. The Labute approximate surface area is 364 Å². The number of aromatic nitrogens is 1. The van der Waals surface area contributed by atoms with Crippen molar-refractivity contribution >= 4 is 34.5 Å². The third-order valence-corrected chi connectivity index (χ3v) is 16.1. The number of nitrogens with zero attached hydrogens (tertiary/aromatic N) is 2. The van der Waals surface area contributed by atoms with Crippen molar-refractivity contribution in [2.24, 2.45) is 11.3 Å². The largest absolute Gasteiger partial charge is 0.857 e. The lowest BCUT2D eigenvalue weighted by Crippen LogP contribution is -3.16. The summed E-state index contributed by atoms with van der Waals surface area (Å²) in [6, 6.07) is 11.0. The maximum Gasteiger partial charge on any atom is 0.344 e. The van der Waals surface area contributed by atoms with Crippen molar-refractivity contribution in [3.63, 3.8) is 0 Å². The number of fused-ring (bicyclic) bond motifs is 6. The molecule has 1 aliphatic carbocycles. The molecule has 1 spiro atoms. The minimum atomic E-state index is -2.29. The predicted octanol–water partition coefficient (Wildman–Crippen LogP) is 1.94. The maximum atomic E-state index is 15.3. The van der Waals surface area contributed by atoms with E-state index < -0.39 is 57.5 Å². The third-order valence-electron chi connectivity index (χ3n) is 16.1. The Bertz CT molecular complexity index is 2280. The first-order chi connectivity index (χ1) is 29.7. The number of H-pyrrole nitrogens is 1. The van der Waals surface area contributed by atoms with Crippen molar-refractivity contribution in [2.45, 2.75) is 106 Å². The summed E-state index contributed by atoms with van der Waals surface area (Å²) in [6.07, 6.45) is 6.93. The second-order valence-electron chi connectivity index (χ2n) is 18.7. The van der Waals surface area contributed by atoms with Crippen LogP contribution in [0.2, 0.25) is 0 Å². The van der Waals surface area contributed by atoms with Gasteiger partial charge in [0.1, 0.15) is 23.3 Å². The lowest BCUT2D eigenvalue weighted by atomic mass is 9.47. The van der Waals surface area contributed by atoms with Gasteiger partial charge in [-0.05, 0) is 68.3 Å². The Morgan fingerprint density at radius 2 is 1.73 bits per heavy atom. The number of quaternary nitrogens is 1. The number of hydrogen-bond acceptors (Lipinski definition) is 12. The number of benzene rings is 2. The Kier molecular flexibility index (Phi) is 11.4. The van der Waals surface area contributed by atoms with Crippen LogP contribution in [0.3, 0.4) is 0 Å². The van der Waals surface area contributed by atoms with Gasteiger partial charge in [-0.2, -0.15) is 7.11 Å². The molecular weight excluding hydrogens is 793 g/mol. The van der Waals surface area contributed by atoms with Crippen LogP contribution in [0.25, 0.3) is 10.9 Å². The molecule has 2 aromatic carbocycles. The van der Waals surface area contributed by atoms with E-state index in [1.165, 1.54) is 26.0 Å². The summed E-state index contributed by atoms with van der Waals surface area (Å²) in [5.74, 6) is -1.26. The van der Waals surface area contributed by atoms with Crippen LogP contribution in [0.4, 0.5) is 5.69 Å². The fourth-order valence-electron chi connectivity index (χ4n) is 13.8. The zero-order chi connectivity index (χ0) is 44.6. The van der Waals surface area contributed by atoms with Crippen LogP contribution >= 0.6 is 0 Å². The second-order valence-corrected chi connectivity index (χ2v) is 18.7. The average molecular weight is 857 g/mol. The summed E-state index contributed by atoms with van der Waals surface area (Å²) in [5, 5.41) is 34.5. The molecule has 1 unspecified atom stereocenters. The molecule has 3 aromatic rings. The topological polar surface area (TPSA) is 178 Å². The van der Waals surface area contributed by atoms with Crippen molar-refractivity contribution in [2.75, 3.05) is 73.1 Å². The van der Waals surface area contributed by atoms with E-state index in [1.807, 2.05) is 43.1 Å². The minimum Gasteiger partial charge on any atom is -0.857 e. The Morgan fingerprint density at radius 3 is 2.40 bits per heavy atom. The number of esters is 3. The zero-order valence-corrected chi connectivity index (χ0v) is 37.5. The lowest BCUT2D eigenvalue weighted by Gasteiger charge is -2.63. The number of nitrogens with one attached hydrogen (secondary N) is 2. The Hall–Kier alpha value is -4.47. The Balaban J connectivity index is 0.00000261. The molecular formula is C48H64N4O10. The molecule has 3 fully saturated rings. The summed E-state index contributed by atoms with van der Waals surface area (Å²) in [5.41, 5.74) is -1.31. The quantitative estimate of drug-likeness (QED) is 0.155. The first kappa shape index (κ1) is 44.1. The number of anilines is 1. The van der Waals surface area contributed by atoms with Crippen molar-refractivity contribution in [1.82, 2.24) is 9.88 Å². The van der Waals surface area contributed by atoms with E-state index in [4.69, 9.17) is 24.1 Å². The van der Waals surface area contributed by atoms with E-state index in [1.54, 1.807) is 7.11 Å². The predicted molar refractivity (Wildman–Crippen MR) is 230 cm³/mol. The van der Waals surface area contributed by atoms with Gasteiger partial charge < -0.3 is 49.1 Å². The van der Waals surface area contributed by atoms with Crippen molar-refractivity contribution < 1.29 is 53.6 Å². The molecule has 0 amide bonds. The number of likely N-dealkylation sites (N-methyl/N-ethyl adjacent to an activating group) is 1. The number of rotatable bonds is 7. The molecule has 6 heterocycles. The van der Waals surface area contributed by atoms with E-state index in [2.05, 4.69) is 41.1 Å². The van der Waals surface area contributed by atoms with Crippen molar-refractivity contribution in [3.05, 3.63) is 70.9 Å². The number of piperidine rings is 1. The molecule has 1 saturated carbocycles. The molecule has 9 rings (SSSR count). The van der Waals surface area contributed by atoms with Gasteiger partial charge in [0, 0.05) is 83.6 Å². The number of carbonyl (C=O) groups is 3. The number of aliphatic hydroxyl groups is 2. The highest BCUT2D eigenvalue weighted by atomic mass is 16.6. The molecule has 14 heteroatoms. The van der Waals surface area contributed by atoms with E-state index in [0.29, 0.717) is 75.9 Å². The number of hydrogen-bond donors (Lipinski definition) is 4. The molecule has 2 saturated heterocycles. The van der Waals surface area contributed by atoms with E-state index in [9.17, 15) is 19.8 Å². The third kappa shape index (κ3) is 5.95. The highest BCUT2D eigenvalue weighted by Crippen LogP contribution is 2.68. The van der Waals surface area contributed by atoms with Gasteiger partial charge in [-0.25, -0.2) is 4.79 Å². The van der Waals surface area contributed by atoms with Crippen LogP contribution in [-0.2, 0) is 45.8 Å². The van der Waals surface area contributed by atoms with E-state index in [-0.39, 0.29) is 12.0 Å². The zero-order valence-electron chi connectivity index (χ0n) is 37.5. The van der Waals surface area contributed by atoms with Crippen LogP contribution in [-0.4, -0.2) is 136 Å². The molecule has 5 aliphatic heterocycles. The summed E-state index contributed by atoms with van der Waals surface area (Å²) in [7, 11) is 6.94.